The second kappa shape index (κ2) is 6.92. The standard InChI is InChI=1S/C17H22N2O3/c20-16-5-3-10-19(16)14-8-6-13(7-9-14)12-18-17(21)15-4-1-2-11-22-15/h6-9,15H,1-5,10-12H2,(H,18,21). The van der Waals surface area contributed by atoms with Gasteiger partial charge < -0.3 is 15.0 Å². The zero-order valence-corrected chi connectivity index (χ0v) is 12.7. The number of hydrogen-bond acceptors (Lipinski definition) is 3. The number of amides is 2. The Kier molecular flexibility index (Phi) is 4.73. The van der Waals surface area contributed by atoms with Gasteiger partial charge in [0.1, 0.15) is 6.10 Å². The number of rotatable bonds is 4. The van der Waals surface area contributed by atoms with Gasteiger partial charge in [0.15, 0.2) is 0 Å². The third-order valence-electron chi connectivity index (χ3n) is 4.26. The van der Waals surface area contributed by atoms with Gasteiger partial charge in [0.25, 0.3) is 0 Å². The van der Waals surface area contributed by atoms with Crippen LogP contribution in [0.15, 0.2) is 24.3 Å². The summed E-state index contributed by atoms with van der Waals surface area (Å²) < 4.78 is 5.47. The predicted molar refractivity (Wildman–Crippen MR) is 83.5 cm³/mol. The SMILES string of the molecule is O=C(NCc1ccc(N2CCCC2=O)cc1)C1CCCCO1. The lowest BCUT2D eigenvalue weighted by atomic mass is 10.1. The molecule has 0 radical (unpaired) electrons. The van der Waals surface area contributed by atoms with E-state index in [1.54, 1.807) is 0 Å². The van der Waals surface area contributed by atoms with Gasteiger partial charge in [0, 0.05) is 31.8 Å². The maximum absolute atomic E-state index is 12.0. The van der Waals surface area contributed by atoms with Gasteiger partial charge >= 0.3 is 0 Å². The van der Waals surface area contributed by atoms with E-state index in [9.17, 15) is 9.59 Å². The van der Waals surface area contributed by atoms with Crippen molar-refractivity contribution in [1.82, 2.24) is 5.32 Å². The molecule has 0 saturated carbocycles. The Hall–Kier alpha value is -1.88. The molecule has 2 amide bonds. The molecule has 118 valence electrons. The summed E-state index contributed by atoms with van der Waals surface area (Å²) >= 11 is 0. The van der Waals surface area contributed by atoms with E-state index in [1.807, 2.05) is 29.2 Å². The highest BCUT2D eigenvalue weighted by atomic mass is 16.5. The minimum absolute atomic E-state index is 0.0292. The molecule has 1 N–H and O–H groups in total. The lowest BCUT2D eigenvalue weighted by Gasteiger charge is -2.21. The summed E-state index contributed by atoms with van der Waals surface area (Å²) in [6, 6.07) is 7.81. The van der Waals surface area contributed by atoms with E-state index in [-0.39, 0.29) is 17.9 Å². The summed E-state index contributed by atoms with van der Waals surface area (Å²) in [5, 5.41) is 2.92. The quantitative estimate of drug-likeness (QED) is 0.925. The highest BCUT2D eigenvalue weighted by Gasteiger charge is 2.22. The maximum atomic E-state index is 12.0. The van der Waals surface area contributed by atoms with Crippen LogP contribution < -0.4 is 10.2 Å². The monoisotopic (exact) mass is 302 g/mol. The summed E-state index contributed by atoms with van der Waals surface area (Å²) in [5.74, 6) is 0.161. The molecular formula is C17H22N2O3. The molecule has 2 saturated heterocycles. The Labute approximate surface area is 130 Å². The van der Waals surface area contributed by atoms with Gasteiger partial charge in [0.2, 0.25) is 11.8 Å². The Morgan fingerprint density at radius 2 is 2.05 bits per heavy atom. The largest absolute Gasteiger partial charge is 0.368 e. The van der Waals surface area contributed by atoms with Crippen molar-refractivity contribution < 1.29 is 14.3 Å². The van der Waals surface area contributed by atoms with Crippen LogP contribution in [0.4, 0.5) is 5.69 Å². The minimum Gasteiger partial charge on any atom is -0.368 e. The van der Waals surface area contributed by atoms with Crippen LogP contribution in [0.3, 0.4) is 0 Å². The molecule has 3 rings (SSSR count). The number of hydrogen-bond donors (Lipinski definition) is 1. The van der Waals surface area contributed by atoms with E-state index in [2.05, 4.69) is 5.32 Å². The van der Waals surface area contributed by atoms with Gasteiger partial charge in [-0.05, 0) is 43.4 Å². The van der Waals surface area contributed by atoms with E-state index in [0.29, 0.717) is 19.6 Å². The summed E-state index contributed by atoms with van der Waals surface area (Å²) in [6.07, 6.45) is 4.17. The topological polar surface area (TPSA) is 58.6 Å². The normalized spacial score (nSPS) is 21.9. The summed E-state index contributed by atoms with van der Waals surface area (Å²) in [6.45, 7) is 1.97. The molecule has 2 heterocycles. The molecule has 0 aliphatic carbocycles. The van der Waals surface area contributed by atoms with Crippen molar-refractivity contribution in [2.75, 3.05) is 18.1 Å². The summed E-state index contributed by atoms with van der Waals surface area (Å²) in [7, 11) is 0. The average Bonchev–Trinajstić information content (AvgIpc) is 3.00. The average molecular weight is 302 g/mol. The van der Waals surface area contributed by atoms with Gasteiger partial charge in [0.05, 0.1) is 0 Å². The second-order valence-electron chi connectivity index (χ2n) is 5.89. The molecule has 1 atom stereocenters. The molecule has 2 fully saturated rings. The fourth-order valence-electron chi connectivity index (χ4n) is 2.97. The number of nitrogens with zero attached hydrogens (tertiary/aromatic N) is 1. The van der Waals surface area contributed by atoms with Crippen LogP contribution >= 0.6 is 0 Å². The first kappa shape index (κ1) is 15.0. The number of ether oxygens (including phenoxy) is 1. The van der Waals surface area contributed by atoms with E-state index >= 15 is 0 Å². The van der Waals surface area contributed by atoms with Crippen molar-refractivity contribution in [2.24, 2.45) is 0 Å². The van der Waals surface area contributed by atoms with Crippen molar-refractivity contribution >= 4 is 17.5 Å². The Balaban J connectivity index is 1.52. The van der Waals surface area contributed by atoms with Gasteiger partial charge in [-0.2, -0.15) is 0 Å². The third kappa shape index (κ3) is 3.47. The van der Waals surface area contributed by atoms with E-state index in [0.717, 1.165) is 43.5 Å². The molecule has 0 aromatic heterocycles. The zero-order chi connectivity index (χ0) is 15.4. The summed E-state index contributed by atoms with van der Waals surface area (Å²) in [5.41, 5.74) is 1.97. The van der Waals surface area contributed by atoms with Gasteiger partial charge in [-0.1, -0.05) is 12.1 Å². The van der Waals surface area contributed by atoms with Crippen molar-refractivity contribution in [3.63, 3.8) is 0 Å². The lowest BCUT2D eigenvalue weighted by Crippen LogP contribution is -2.37. The molecule has 5 heteroatoms. The third-order valence-corrected chi connectivity index (χ3v) is 4.26. The van der Waals surface area contributed by atoms with Crippen LogP contribution in [0.1, 0.15) is 37.7 Å². The van der Waals surface area contributed by atoms with Crippen LogP contribution in [-0.4, -0.2) is 31.1 Å². The number of benzene rings is 1. The maximum Gasteiger partial charge on any atom is 0.249 e. The first-order valence-electron chi connectivity index (χ1n) is 8.03. The predicted octanol–water partition coefficient (Wildman–Crippen LogP) is 2.00. The molecular weight excluding hydrogens is 280 g/mol. The molecule has 0 bridgehead atoms. The Morgan fingerprint density at radius 1 is 1.23 bits per heavy atom. The van der Waals surface area contributed by atoms with Crippen LogP contribution in [0.5, 0.6) is 0 Å². The highest BCUT2D eigenvalue weighted by Crippen LogP contribution is 2.21. The van der Waals surface area contributed by atoms with E-state index < -0.39 is 0 Å². The van der Waals surface area contributed by atoms with Crippen LogP contribution in [0.2, 0.25) is 0 Å². The molecule has 1 unspecified atom stereocenters. The number of anilines is 1. The molecule has 2 aliphatic heterocycles. The number of carbonyl (C=O) groups excluding carboxylic acids is 2. The van der Waals surface area contributed by atoms with Crippen LogP contribution in [0, 0.1) is 0 Å². The number of carbonyl (C=O) groups is 2. The van der Waals surface area contributed by atoms with Crippen molar-refractivity contribution in [3.8, 4) is 0 Å². The molecule has 5 nitrogen and oxygen atoms in total. The van der Waals surface area contributed by atoms with Gasteiger partial charge in [-0.3, -0.25) is 9.59 Å². The zero-order valence-electron chi connectivity index (χ0n) is 12.7. The smallest absolute Gasteiger partial charge is 0.249 e. The Bertz CT molecular complexity index is 535. The van der Waals surface area contributed by atoms with Crippen LogP contribution in [-0.2, 0) is 20.9 Å². The fraction of sp³-hybridized carbons (Fsp3) is 0.529. The summed E-state index contributed by atoms with van der Waals surface area (Å²) in [4.78, 5) is 25.5. The van der Waals surface area contributed by atoms with Crippen molar-refractivity contribution in [3.05, 3.63) is 29.8 Å². The van der Waals surface area contributed by atoms with Crippen molar-refractivity contribution in [1.29, 1.82) is 0 Å². The Morgan fingerprint density at radius 3 is 2.68 bits per heavy atom. The minimum atomic E-state index is -0.296. The number of nitrogens with one attached hydrogen (secondary N) is 1. The molecule has 0 spiro atoms. The highest BCUT2D eigenvalue weighted by molar-refractivity contribution is 5.95. The second-order valence-corrected chi connectivity index (χ2v) is 5.89. The first-order valence-corrected chi connectivity index (χ1v) is 8.03. The van der Waals surface area contributed by atoms with E-state index in [1.165, 1.54) is 0 Å². The van der Waals surface area contributed by atoms with Gasteiger partial charge in [-0.15, -0.1) is 0 Å². The van der Waals surface area contributed by atoms with Crippen LogP contribution in [0.25, 0.3) is 0 Å². The van der Waals surface area contributed by atoms with Gasteiger partial charge in [-0.25, -0.2) is 0 Å². The lowest BCUT2D eigenvalue weighted by molar-refractivity contribution is -0.135. The molecule has 1 aromatic carbocycles. The fourth-order valence-corrected chi connectivity index (χ4v) is 2.97. The van der Waals surface area contributed by atoms with E-state index in [4.69, 9.17) is 4.74 Å². The molecule has 22 heavy (non-hydrogen) atoms. The molecule has 2 aliphatic rings. The van der Waals surface area contributed by atoms with Crippen molar-refractivity contribution in [2.45, 2.75) is 44.8 Å². The molecule has 1 aromatic rings. The first-order chi connectivity index (χ1) is 10.7.